The maximum atomic E-state index is 12.0. The maximum Gasteiger partial charge on any atom is 0.234 e. The summed E-state index contributed by atoms with van der Waals surface area (Å²) in [5.74, 6) is 1.40. The number of hydrogen-bond acceptors (Lipinski definition) is 4. The number of ether oxygens (including phenoxy) is 2. The number of carbonyl (C=O) groups is 1. The Bertz CT molecular complexity index is 679. The van der Waals surface area contributed by atoms with Crippen LogP contribution < -0.4 is 14.8 Å². The van der Waals surface area contributed by atoms with Gasteiger partial charge in [-0.2, -0.15) is 0 Å². The zero-order valence-corrected chi connectivity index (χ0v) is 13.2. The monoisotopic (exact) mass is 335 g/mol. The fourth-order valence-electron chi connectivity index (χ4n) is 2.01. The average molecular weight is 336 g/mol. The number of thioether (sulfide) groups is 1. The fourth-order valence-corrected chi connectivity index (χ4v) is 2.93. The second-order valence-corrected chi connectivity index (χ2v) is 6.08. The zero-order valence-electron chi connectivity index (χ0n) is 11.7. The number of hydrogen-bond donors (Lipinski definition) is 1. The summed E-state index contributed by atoms with van der Waals surface area (Å²) in [7, 11) is 0. The van der Waals surface area contributed by atoms with Crippen LogP contribution in [0.2, 0.25) is 5.02 Å². The van der Waals surface area contributed by atoms with E-state index in [4.69, 9.17) is 21.1 Å². The standard InChI is InChI=1S/C16H14ClNO3S/c17-12-8-14-15(21-7-6-20-14)9-13(12)18-16(19)10-22-11-4-2-1-3-5-11/h1-5,8-9H,6-7,10H2,(H,18,19). The molecule has 1 aliphatic rings. The molecule has 0 fully saturated rings. The number of nitrogens with one attached hydrogen (secondary N) is 1. The van der Waals surface area contributed by atoms with E-state index in [9.17, 15) is 4.79 Å². The molecule has 0 aromatic heterocycles. The van der Waals surface area contributed by atoms with Crippen LogP contribution in [0.15, 0.2) is 47.4 Å². The van der Waals surface area contributed by atoms with Gasteiger partial charge in [0.15, 0.2) is 11.5 Å². The molecule has 0 bridgehead atoms. The van der Waals surface area contributed by atoms with E-state index in [1.807, 2.05) is 30.3 Å². The Morgan fingerprint density at radius 1 is 1.14 bits per heavy atom. The van der Waals surface area contributed by atoms with Crippen molar-refractivity contribution < 1.29 is 14.3 Å². The third-order valence-electron chi connectivity index (χ3n) is 3.02. The quantitative estimate of drug-likeness (QED) is 0.862. The number of fused-ring (bicyclic) bond motifs is 1. The van der Waals surface area contributed by atoms with Crippen LogP contribution in [0, 0.1) is 0 Å². The molecule has 2 aromatic carbocycles. The summed E-state index contributed by atoms with van der Waals surface area (Å²) in [6.45, 7) is 0.995. The Kier molecular flexibility index (Phi) is 4.75. The van der Waals surface area contributed by atoms with E-state index >= 15 is 0 Å². The number of rotatable bonds is 4. The van der Waals surface area contributed by atoms with Gasteiger partial charge in [-0.3, -0.25) is 4.79 Å². The van der Waals surface area contributed by atoms with Crippen LogP contribution in [0.25, 0.3) is 0 Å². The van der Waals surface area contributed by atoms with Crippen LogP contribution in [0.5, 0.6) is 11.5 Å². The summed E-state index contributed by atoms with van der Waals surface area (Å²) in [6.07, 6.45) is 0. The van der Waals surface area contributed by atoms with E-state index in [-0.39, 0.29) is 5.91 Å². The second-order valence-electron chi connectivity index (χ2n) is 4.63. The van der Waals surface area contributed by atoms with Gasteiger partial charge in [0.1, 0.15) is 13.2 Å². The van der Waals surface area contributed by atoms with Gasteiger partial charge < -0.3 is 14.8 Å². The van der Waals surface area contributed by atoms with Gasteiger partial charge in [0, 0.05) is 17.0 Å². The third kappa shape index (κ3) is 3.67. The van der Waals surface area contributed by atoms with E-state index in [0.717, 1.165) is 4.90 Å². The van der Waals surface area contributed by atoms with Crippen molar-refractivity contribution in [3.8, 4) is 11.5 Å². The van der Waals surface area contributed by atoms with Crippen LogP contribution >= 0.6 is 23.4 Å². The molecule has 114 valence electrons. The van der Waals surface area contributed by atoms with Crippen molar-refractivity contribution in [1.29, 1.82) is 0 Å². The molecule has 1 aliphatic heterocycles. The molecule has 0 unspecified atom stereocenters. The van der Waals surface area contributed by atoms with Crippen molar-refractivity contribution in [2.75, 3.05) is 24.3 Å². The van der Waals surface area contributed by atoms with E-state index < -0.39 is 0 Å². The van der Waals surface area contributed by atoms with E-state index in [2.05, 4.69) is 5.32 Å². The van der Waals surface area contributed by atoms with Gasteiger partial charge in [-0.1, -0.05) is 29.8 Å². The summed E-state index contributed by atoms with van der Waals surface area (Å²) < 4.78 is 10.9. The minimum absolute atomic E-state index is 0.118. The topological polar surface area (TPSA) is 47.6 Å². The van der Waals surface area contributed by atoms with Gasteiger partial charge >= 0.3 is 0 Å². The summed E-state index contributed by atoms with van der Waals surface area (Å²) >= 11 is 7.64. The number of amides is 1. The molecular weight excluding hydrogens is 322 g/mol. The smallest absolute Gasteiger partial charge is 0.234 e. The SMILES string of the molecule is O=C(CSc1ccccc1)Nc1cc2c(cc1Cl)OCCO2. The predicted molar refractivity (Wildman–Crippen MR) is 88.2 cm³/mol. The first-order chi connectivity index (χ1) is 10.7. The van der Waals surface area contributed by atoms with Crippen molar-refractivity contribution in [3.05, 3.63) is 47.5 Å². The third-order valence-corrected chi connectivity index (χ3v) is 4.34. The molecule has 0 atom stereocenters. The van der Waals surface area contributed by atoms with Crippen LogP contribution in [0.4, 0.5) is 5.69 Å². The maximum absolute atomic E-state index is 12.0. The molecule has 22 heavy (non-hydrogen) atoms. The molecule has 0 spiro atoms. The molecule has 1 heterocycles. The van der Waals surface area contributed by atoms with Gasteiger partial charge in [-0.05, 0) is 12.1 Å². The molecule has 4 nitrogen and oxygen atoms in total. The van der Waals surface area contributed by atoms with Gasteiger partial charge in [0.25, 0.3) is 0 Å². The summed E-state index contributed by atoms with van der Waals surface area (Å²) in [4.78, 5) is 13.1. The van der Waals surface area contributed by atoms with Crippen molar-refractivity contribution in [1.82, 2.24) is 0 Å². The Balaban J connectivity index is 1.64. The zero-order chi connectivity index (χ0) is 15.4. The molecule has 6 heteroatoms. The average Bonchev–Trinajstić information content (AvgIpc) is 2.55. The lowest BCUT2D eigenvalue weighted by Crippen LogP contribution is -2.17. The first-order valence-corrected chi connectivity index (χ1v) is 8.15. The van der Waals surface area contributed by atoms with Crippen molar-refractivity contribution in [2.24, 2.45) is 0 Å². The Morgan fingerprint density at radius 3 is 2.55 bits per heavy atom. The van der Waals surface area contributed by atoms with E-state index in [0.29, 0.717) is 41.2 Å². The highest BCUT2D eigenvalue weighted by Gasteiger charge is 2.16. The molecule has 0 saturated carbocycles. The van der Waals surface area contributed by atoms with Gasteiger partial charge in [-0.15, -0.1) is 11.8 Å². The Hall–Kier alpha value is -1.85. The Labute approximate surface area is 137 Å². The van der Waals surface area contributed by atoms with E-state index in [1.165, 1.54) is 11.8 Å². The number of benzene rings is 2. The highest BCUT2D eigenvalue weighted by Crippen LogP contribution is 2.38. The normalized spacial score (nSPS) is 12.8. The lowest BCUT2D eigenvalue weighted by atomic mass is 10.2. The first kappa shape index (κ1) is 15.1. The summed E-state index contributed by atoms with van der Waals surface area (Å²) in [6, 6.07) is 13.1. The lowest BCUT2D eigenvalue weighted by molar-refractivity contribution is -0.113. The van der Waals surface area contributed by atoms with Gasteiger partial charge in [0.2, 0.25) is 5.91 Å². The molecular formula is C16H14ClNO3S. The van der Waals surface area contributed by atoms with Gasteiger partial charge in [0.05, 0.1) is 16.5 Å². The fraction of sp³-hybridized carbons (Fsp3) is 0.188. The van der Waals surface area contributed by atoms with Crippen LogP contribution in [-0.2, 0) is 4.79 Å². The number of halogens is 1. The van der Waals surface area contributed by atoms with Crippen molar-refractivity contribution in [3.63, 3.8) is 0 Å². The molecule has 0 aliphatic carbocycles. The van der Waals surface area contributed by atoms with Crippen LogP contribution in [-0.4, -0.2) is 24.9 Å². The van der Waals surface area contributed by atoms with Gasteiger partial charge in [-0.25, -0.2) is 0 Å². The minimum atomic E-state index is -0.118. The van der Waals surface area contributed by atoms with Crippen molar-refractivity contribution >= 4 is 35.0 Å². The second kappa shape index (κ2) is 6.94. The lowest BCUT2D eigenvalue weighted by Gasteiger charge is -2.20. The number of carbonyl (C=O) groups excluding carboxylic acids is 1. The molecule has 1 N–H and O–H groups in total. The largest absolute Gasteiger partial charge is 0.486 e. The Morgan fingerprint density at radius 2 is 1.82 bits per heavy atom. The molecule has 0 saturated heterocycles. The molecule has 1 amide bonds. The molecule has 3 rings (SSSR count). The molecule has 2 aromatic rings. The minimum Gasteiger partial charge on any atom is -0.486 e. The van der Waals surface area contributed by atoms with Crippen molar-refractivity contribution in [2.45, 2.75) is 4.90 Å². The predicted octanol–water partition coefficient (Wildman–Crippen LogP) is 3.84. The first-order valence-electron chi connectivity index (χ1n) is 6.79. The van der Waals surface area contributed by atoms with Crippen LogP contribution in [0.3, 0.4) is 0 Å². The highest BCUT2D eigenvalue weighted by atomic mass is 35.5. The summed E-state index contributed by atoms with van der Waals surface area (Å²) in [5, 5.41) is 3.24. The van der Waals surface area contributed by atoms with E-state index in [1.54, 1.807) is 12.1 Å². The van der Waals surface area contributed by atoms with Crippen LogP contribution in [0.1, 0.15) is 0 Å². The highest BCUT2D eigenvalue weighted by molar-refractivity contribution is 8.00. The summed E-state index contributed by atoms with van der Waals surface area (Å²) in [5.41, 5.74) is 0.532. The molecule has 0 radical (unpaired) electrons. The number of anilines is 1.